The number of amides is 1. The van der Waals surface area contributed by atoms with Crippen molar-refractivity contribution < 1.29 is 17.9 Å². The van der Waals surface area contributed by atoms with Gasteiger partial charge in [-0.2, -0.15) is 0 Å². The number of halogens is 2. The highest BCUT2D eigenvalue weighted by Crippen LogP contribution is 2.32. The maximum Gasteiger partial charge on any atom is 0.265 e. The van der Waals surface area contributed by atoms with Gasteiger partial charge in [-0.3, -0.25) is 9.52 Å². The standard InChI is InChI=1S/C23H18Cl2N2O4S2/c1-2-33(29,30)27-17-5-8-21-14(9-17)10-22(32-21)23(28)26-18-11-16(25)12-20(13-18)31-19-6-3-15(24)4-7-19/h3-13,27H,2H2,1H3,(H,26,28). The Morgan fingerprint density at radius 1 is 0.909 bits per heavy atom. The fraction of sp³-hybridized carbons (Fsp3) is 0.0870. The van der Waals surface area contributed by atoms with Crippen LogP contribution in [0.2, 0.25) is 10.0 Å². The van der Waals surface area contributed by atoms with E-state index < -0.39 is 10.0 Å². The van der Waals surface area contributed by atoms with Gasteiger partial charge in [-0.25, -0.2) is 8.42 Å². The molecule has 0 bridgehead atoms. The van der Waals surface area contributed by atoms with E-state index in [4.69, 9.17) is 27.9 Å². The predicted molar refractivity (Wildman–Crippen MR) is 136 cm³/mol. The lowest BCUT2D eigenvalue weighted by atomic mass is 10.2. The van der Waals surface area contributed by atoms with Gasteiger partial charge in [0, 0.05) is 32.2 Å². The zero-order chi connectivity index (χ0) is 23.6. The van der Waals surface area contributed by atoms with Crippen molar-refractivity contribution in [3.63, 3.8) is 0 Å². The lowest BCUT2D eigenvalue weighted by Crippen LogP contribution is -2.14. The van der Waals surface area contributed by atoms with Crippen LogP contribution in [-0.4, -0.2) is 20.1 Å². The summed E-state index contributed by atoms with van der Waals surface area (Å²) < 4.78 is 32.8. The molecule has 3 aromatic carbocycles. The van der Waals surface area contributed by atoms with Crippen molar-refractivity contribution in [2.75, 3.05) is 15.8 Å². The molecule has 0 fully saturated rings. The Labute approximate surface area is 205 Å². The molecule has 0 saturated heterocycles. The van der Waals surface area contributed by atoms with Crippen molar-refractivity contribution in [1.29, 1.82) is 0 Å². The van der Waals surface area contributed by atoms with Gasteiger partial charge < -0.3 is 10.1 Å². The summed E-state index contributed by atoms with van der Waals surface area (Å²) in [7, 11) is -3.38. The lowest BCUT2D eigenvalue weighted by molar-refractivity contribution is 0.103. The summed E-state index contributed by atoms with van der Waals surface area (Å²) in [5.74, 6) is 0.708. The Kier molecular flexibility index (Phi) is 6.81. The Hall–Kier alpha value is -2.78. The first-order valence-electron chi connectivity index (χ1n) is 9.80. The monoisotopic (exact) mass is 520 g/mol. The van der Waals surface area contributed by atoms with Gasteiger partial charge in [-0.1, -0.05) is 23.2 Å². The van der Waals surface area contributed by atoms with Crippen LogP contribution in [0.4, 0.5) is 11.4 Å². The summed E-state index contributed by atoms with van der Waals surface area (Å²) in [6.45, 7) is 1.57. The van der Waals surface area contributed by atoms with Crippen LogP contribution in [0, 0.1) is 0 Å². The minimum absolute atomic E-state index is 0.0221. The zero-order valence-corrected chi connectivity index (χ0v) is 20.4. The normalized spacial score (nSPS) is 11.4. The Morgan fingerprint density at radius 3 is 2.39 bits per heavy atom. The van der Waals surface area contributed by atoms with E-state index in [2.05, 4.69) is 10.0 Å². The number of thiophene rings is 1. The van der Waals surface area contributed by atoms with E-state index in [1.807, 2.05) is 0 Å². The topological polar surface area (TPSA) is 84.5 Å². The molecule has 33 heavy (non-hydrogen) atoms. The third-order valence-corrected chi connectivity index (χ3v) is 7.46. The summed E-state index contributed by atoms with van der Waals surface area (Å²) in [5.41, 5.74) is 0.929. The van der Waals surface area contributed by atoms with Gasteiger partial charge in [0.15, 0.2) is 0 Å². The third kappa shape index (κ3) is 5.97. The summed E-state index contributed by atoms with van der Waals surface area (Å²) in [6, 6.07) is 18.7. The number of nitrogens with one attached hydrogen (secondary N) is 2. The highest BCUT2D eigenvalue weighted by molar-refractivity contribution is 7.92. The van der Waals surface area contributed by atoms with Crippen molar-refractivity contribution in [2.45, 2.75) is 6.92 Å². The molecule has 6 nitrogen and oxygen atoms in total. The van der Waals surface area contributed by atoms with Gasteiger partial charge in [0.25, 0.3) is 5.91 Å². The molecule has 4 aromatic rings. The first-order valence-corrected chi connectivity index (χ1v) is 13.0. The molecule has 0 aliphatic rings. The van der Waals surface area contributed by atoms with Gasteiger partial charge in [-0.15, -0.1) is 11.3 Å². The summed E-state index contributed by atoms with van der Waals surface area (Å²) in [5, 5.41) is 4.60. The van der Waals surface area contributed by atoms with E-state index in [-0.39, 0.29) is 11.7 Å². The maximum atomic E-state index is 12.9. The van der Waals surface area contributed by atoms with Crippen LogP contribution in [0.5, 0.6) is 11.5 Å². The molecule has 0 saturated carbocycles. The number of hydrogen-bond acceptors (Lipinski definition) is 5. The van der Waals surface area contributed by atoms with Gasteiger partial charge >= 0.3 is 0 Å². The first kappa shape index (κ1) is 23.4. The van der Waals surface area contributed by atoms with Crippen molar-refractivity contribution >= 4 is 71.9 Å². The van der Waals surface area contributed by atoms with Crippen LogP contribution in [0.3, 0.4) is 0 Å². The number of carbonyl (C=O) groups is 1. The number of rotatable bonds is 7. The number of fused-ring (bicyclic) bond motifs is 1. The Bertz CT molecular complexity index is 1430. The Balaban J connectivity index is 1.52. The molecule has 0 radical (unpaired) electrons. The highest BCUT2D eigenvalue weighted by atomic mass is 35.5. The van der Waals surface area contributed by atoms with Crippen molar-refractivity contribution in [3.05, 3.63) is 81.7 Å². The van der Waals surface area contributed by atoms with E-state index in [0.717, 1.165) is 10.1 Å². The second-order valence-corrected chi connectivity index (χ2v) is 11.0. The molecule has 2 N–H and O–H groups in total. The molecular weight excluding hydrogens is 503 g/mol. The molecule has 0 aliphatic carbocycles. The minimum atomic E-state index is -3.38. The van der Waals surface area contributed by atoms with Crippen molar-refractivity contribution in [3.8, 4) is 11.5 Å². The van der Waals surface area contributed by atoms with Crippen molar-refractivity contribution in [1.82, 2.24) is 0 Å². The third-order valence-electron chi connectivity index (χ3n) is 4.57. The van der Waals surface area contributed by atoms with Gasteiger partial charge in [0.05, 0.1) is 10.6 Å². The SMILES string of the molecule is CCS(=O)(=O)Nc1ccc2sc(C(=O)Nc3cc(Cl)cc(Oc4ccc(Cl)cc4)c3)cc2c1. The first-order chi connectivity index (χ1) is 15.7. The van der Waals surface area contributed by atoms with Gasteiger partial charge in [0.1, 0.15) is 11.5 Å². The van der Waals surface area contributed by atoms with E-state index in [1.165, 1.54) is 11.3 Å². The van der Waals surface area contributed by atoms with Crippen molar-refractivity contribution in [2.24, 2.45) is 0 Å². The molecule has 0 unspecified atom stereocenters. The lowest BCUT2D eigenvalue weighted by Gasteiger charge is -2.10. The zero-order valence-electron chi connectivity index (χ0n) is 17.3. The average Bonchev–Trinajstić information content (AvgIpc) is 3.18. The van der Waals surface area contributed by atoms with Crippen LogP contribution in [0.25, 0.3) is 10.1 Å². The van der Waals surface area contributed by atoms with Crippen LogP contribution < -0.4 is 14.8 Å². The van der Waals surface area contributed by atoms with Crippen LogP contribution >= 0.6 is 34.5 Å². The second kappa shape index (κ2) is 9.61. The van der Waals surface area contributed by atoms with Gasteiger partial charge in [-0.05, 0) is 73.0 Å². The quantitative estimate of drug-likeness (QED) is 0.274. The van der Waals surface area contributed by atoms with Crippen LogP contribution in [0.1, 0.15) is 16.6 Å². The highest BCUT2D eigenvalue weighted by Gasteiger charge is 2.14. The van der Waals surface area contributed by atoms with Crippen LogP contribution in [0.15, 0.2) is 66.7 Å². The van der Waals surface area contributed by atoms with E-state index in [0.29, 0.717) is 37.8 Å². The summed E-state index contributed by atoms with van der Waals surface area (Å²) in [4.78, 5) is 13.3. The van der Waals surface area contributed by atoms with Crippen LogP contribution in [-0.2, 0) is 10.0 Å². The predicted octanol–water partition coefficient (Wildman–Crippen LogP) is 7.01. The second-order valence-electron chi connectivity index (χ2n) is 7.05. The molecule has 170 valence electrons. The molecule has 0 spiro atoms. The average molecular weight is 521 g/mol. The fourth-order valence-electron chi connectivity index (χ4n) is 3.00. The molecule has 1 heterocycles. The largest absolute Gasteiger partial charge is 0.457 e. The maximum absolute atomic E-state index is 12.9. The van der Waals surface area contributed by atoms with E-state index >= 15 is 0 Å². The molecule has 1 aromatic heterocycles. The molecular formula is C23H18Cl2N2O4S2. The van der Waals surface area contributed by atoms with Gasteiger partial charge in [0.2, 0.25) is 10.0 Å². The number of hydrogen-bond donors (Lipinski definition) is 2. The number of anilines is 2. The van der Waals surface area contributed by atoms with E-state index in [9.17, 15) is 13.2 Å². The fourth-order valence-corrected chi connectivity index (χ4v) is 4.92. The summed E-state index contributed by atoms with van der Waals surface area (Å²) in [6.07, 6.45) is 0. The smallest absolute Gasteiger partial charge is 0.265 e. The number of carbonyl (C=O) groups excluding carboxylic acids is 1. The molecule has 10 heteroatoms. The molecule has 4 rings (SSSR count). The number of ether oxygens (including phenoxy) is 1. The Morgan fingerprint density at radius 2 is 1.67 bits per heavy atom. The van der Waals surface area contributed by atoms with E-state index in [1.54, 1.807) is 73.7 Å². The molecule has 0 atom stereocenters. The number of benzene rings is 3. The molecule has 1 amide bonds. The molecule has 0 aliphatic heterocycles. The summed E-state index contributed by atoms with van der Waals surface area (Å²) >= 11 is 13.4. The minimum Gasteiger partial charge on any atom is -0.457 e. The number of sulfonamides is 1.